The first-order valence-electron chi connectivity index (χ1n) is 5.22. The lowest BCUT2D eigenvalue weighted by molar-refractivity contribution is -0.766. The van der Waals surface area contributed by atoms with Crippen LogP contribution in [0.2, 0.25) is 5.02 Å². The normalized spacial score (nSPS) is 23.4. The average Bonchev–Trinajstić information content (AvgIpc) is 2.15. The van der Waals surface area contributed by atoms with E-state index in [1.165, 1.54) is 0 Å². The standard InChI is InChI=1S/C12H14ClNO2/c1-12(2)7-10(8-14(15)16-12)9-3-5-11(13)6-4-9/h3-6,8,10H,7H2,1-2H3/t10-/m1/s1. The van der Waals surface area contributed by atoms with Crippen molar-refractivity contribution in [1.29, 1.82) is 0 Å². The lowest BCUT2D eigenvalue weighted by atomic mass is 9.88. The van der Waals surface area contributed by atoms with E-state index in [2.05, 4.69) is 0 Å². The van der Waals surface area contributed by atoms with E-state index in [1.807, 2.05) is 38.1 Å². The number of benzene rings is 1. The van der Waals surface area contributed by atoms with Crippen LogP contribution in [0.1, 0.15) is 31.7 Å². The SMILES string of the molecule is CC1(C)C[C@@H](c2ccc(Cl)cc2)C=[N+]([O-])O1. The smallest absolute Gasteiger partial charge is 0.217 e. The molecule has 0 radical (unpaired) electrons. The summed E-state index contributed by atoms with van der Waals surface area (Å²) in [7, 11) is 0. The van der Waals surface area contributed by atoms with Crippen LogP contribution in [-0.4, -0.2) is 16.7 Å². The van der Waals surface area contributed by atoms with Gasteiger partial charge < -0.3 is 4.84 Å². The lowest BCUT2D eigenvalue weighted by Gasteiger charge is -2.33. The van der Waals surface area contributed by atoms with Gasteiger partial charge in [-0.15, -0.1) is 0 Å². The van der Waals surface area contributed by atoms with E-state index in [0.717, 1.165) is 12.0 Å². The summed E-state index contributed by atoms with van der Waals surface area (Å²) >= 11 is 5.83. The molecule has 0 aromatic heterocycles. The summed E-state index contributed by atoms with van der Waals surface area (Å²) in [6, 6.07) is 7.56. The zero-order valence-electron chi connectivity index (χ0n) is 9.31. The van der Waals surface area contributed by atoms with Crippen molar-refractivity contribution < 1.29 is 9.74 Å². The third kappa shape index (κ3) is 2.47. The Balaban J connectivity index is 2.28. The van der Waals surface area contributed by atoms with Crippen LogP contribution in [0.3, 0.4) is 0 Å². The predicted octanol–water partition coefficient (Wildman–Crippen LogP) is 3.12. The zero-order valence-corrected chi connectivity index (χ0v) is 10.1. The van der Waals surface area contributed by atoms with E-state index in [4.69, 9.17) is 16.4 Å². The average molecular weight is 240 g/mol. The minimum atomic E-state index is -0.430. The molecule has 0 saturated heterocycles. The Morgan fingerprint density at radius 2 is 2.00 bits per heavy atom. The molecule has 1 aliphatic heterocycles. The fourth-order valence-electron chi connectivity index (χ4n) is 1.95. The van der Waals surface area contributed by atoms with E-state index in [0.29, 0.717) is 9.92 Å². The number of hydrogen-bond acceptors (Lipinski definition) is 2. The van der Waals surface area contributed by atoms with Gasteiger partial charge in [0.25, 0.3) is 0 Å². The largest absolute Gasteiger partial charge is 0.397 e. The molecule has 3 nitrogen and oxygen atoms in total. The summed E-state index contributed by atoms with van der Waals surface area (Å²) in [6.45, 7) is 3.82. The van der Waals surface area contributed by atoms with Gasteiger partial charge in [0, 0.05) is 9.92 Å². The van der Waals surface area contributed by atoms with E-state index in [-0.39, 0.29) is 5.92 Å². The Hall–Kier alpha value is -1.22. The second-order valence-corrected chi connectivity index (χ2v) is 5.08. The van der Waals surface area contributed by atoms with E-state index >= 15 is 0 Å². The van der Waals surface area contributed by atoms with Crippen molar-refractivity contribution in [1.82, 2.24) is 0 Å². The van der Waals surface area contributed by atoms with Gasteiger partial charge in [-0.2, -0.15) is 0 Å². The first kappa shape index (κ1) is 11.3. The molecule has 1 aromatic rings. The van der Waals surface area contributed by atoms with Gasteiger partial charge in [-0.05, 0) is 38.0 Å². The molecule has 2 rings (SSSR count). The van der Waals surface area contributed by atoms with Gasteiger partial charge in [-0.1, -0.05) is 23.7 Å². The number of hydrogen-bond donors (Lipinski definition) is 0. The van der Waals surface area contributed by atoms with E-state index < -0.39 is 5.60 Å². The summed E-state index contributed by atoms with van der Waals surface area (Å²) in [4.78, 5) is 5.70. The molecule has 4 heteroatoms. The Kier molecular flexibility index (Phi) is 2.80. The van der Waals surface area contributed by atoms with Gasteiger partial charge in [-0.25, -0.2) is 0 Å². The Morgan fingerprint density at radius 1 is 1.38 bits per heavy atom. The summed E-state index contributed by atoms with van der Waals surface area (Å²) in [5, 5.41) is 12.0. The van der Waals surface area contributed by atoms with E-state index in [9.17, 15) is 5.21 Å². The Labute approximate surface area is 99.8 Å². The van der Waals surface area contributed by atoms with Gasteiger partial charge in [0.15, 0.2) is 0 Å². The second kappa shape index (κ2) is 3.98. The van der Waals surface area contributed by atoms with Crippen LogP contribution in [0.5, 0.6) is 0 Å². The topological polar surface area (TPSA) is 35.3 Å². The third-order valence-corrected chi connectivity index (χ3v) is 2.90. The maximum atomic E-state index is 11.3. The molecule has 0 unspecified atom stereocenters. The lowest BCUT2D eigenvalue weighted by Crippen LogP contribution is -2.36. The molecule has 0 amide bonds. The number of rotatable bonds is 1. The molecule has 16 heavy (non-hydrogen) atoms. The van der Waals surface area contributed by atoms with Crippen molar-refractivity contribution in [3.63, 3.8) is 0 Å². The number of halogens is 1. The molecule has 0 saturated carbocycles. The molecule has 1 aliphatic rings. The monoisotopic (exact) mass is 239 g/mol. The van der Waals surface area contributed by atoms with Gasteiger partial charge >= 0.3 is 0 Å². The van der Waals surface area contributed by atoms with Gasteiger partial charge in [0.1, 0.15) is 0 Å². The van der Waals surface area contributed by atoms with Crippen molar-refractivity contribution in [3.8, 4) is 0 Å². The van der Waals surface area contributed by atoms with Crippen LogP contribution >= 0.6 is 11.6 Å². The van der Waals surface area contributed by atoms with Crippen LogP contribution in [0.15, 0.2) is 24.3 Å². The van der Waals surface area contributed by atoms with Crippen molar-refractivity contribution in [2.75, 3.05) is 0 Å². The second-order valence-electron chi connectivity index (χ2n) is 4.65. The van der Waals surface area contributed by atoms with Crippen LogP contribution in [0, 0.1) is 5.21 Å². The first-order valence-corrected chi connectivity index (χ1v) is 5.60. The van der Waals surface area contributed by atoms with Crippen molar-refractivity contribution in [2.24, 2.45) is 0 Å². The van der Waals surface area contributed by atoms with Crippen LogP contribution in [0.4, 0.5) is 0 Å². The minimum Gasteiger partial charge on any atom is -0.397 e. The molecular weight excluding hydrogens is 226 g/mol. The van der Waals surface area contributed by atoms with Gasteiger partial charge in [-0.3, -0.25) is 5.21 Å². The molecule has 0 bridgehead atoms. The fourth-order valence-corrected chi connectivity index (χ4v) is 2.08. The third-order valence-electron chi connectivity index (χ3n) is 2.65. The fraction of sp³-hybridized carbons (Fsp3) is 0.417. The van der Waals surface area contributed by atoms with Crippen molar-refractivity contribution >= 4 is 17.8 Å². The van der Waals surface area contributed by atoms with Crippen LogP contribution in [-0.2, 0) is 4.84 Å². The van der Waals surface area contributed by atoms with Gasteiger partial charge in [0.05, 0.1) is 11.5 Å². The summed E-state index contributed by atoms with van der Waals surface area (Å²) < 4.78 is 0. The molecule has 86 valence electrons. The Bertz CT molecular complexity index is 412. The highest BCUT2D eigenvalue weighted by atomic mass is 35.5. The van der Waals surface area contributed by atoms with Crippen LogP contribution < -0.4 is 0 Å². The number of nitrogens with zero attached hydrogens (tertiary/aromatic N) is 1. The zero-order chi connectivity index (χ0) is 11.8. The minimum absolute atomic E-state index is 0.0820. The summed E-state index contributed by atoms with van der Waals surface area (Å²) in [5.74, 6) is 0.0820. The maximum absolute atomic E-state index is 11.3. The van der Waals surface area contributed by atoms with E-state index in [1.54, 1.807) is 6.21 Å². The highest BCUT2D eigenvalue weighted by molar-refractivity contribution is 6.30. The maximum Gasteiger partial charge on any atom is 0.217 e. The van der Waals surface area contributed by atoms with Gasteiger partial charge in [0.2, 0.25) is 6.21 Å². The molecule has 1 atom stereocenters. The molecule has 0 N–H and O–H groups in total. The molecule has 1 heterocycles. The summed E-state index contributed by atoms with van der Waals surface area (Å²) in [6.07, 6.45) is 2.34. The Morgan fingerprint density at radius 3 is 2.56 bits per heavy atom. The summed E-state index contributed by atoms with van der Waals surface area (Å²) in [5.41, 5.74) is 0.655. The van der Waals surface area contributed by atoms with Crippen LogP contribution in [0.25, 0.3) is 0 Å². The quantitative estimate of drug-likeness (QED) is 0.706. The predicted molar refractivity (Wildman–Crippen MR) is 63.7 cm³/mol. The highest BCUT2D eigenvalue weighted by Gasteiger charge is 2.31. The molecule has 1 aromatic carbocycles. The first-order chi connectivity index (χ1) is 7.46. The molecule has 0 spiro atoms. The molecule has 0 fully saturated rings. The highest BCUT2D eigenvalue weighted by Crippen LogP contribution is 2.30. The van der Waals surface area contributed by atoms with Crippen molar-refractivity contribution in [3.05, 3.63) is 40.1 Å². The molecular formula is C12H14ClNO2. The molecule has 0 aliphatic carbocycles. The van der Waals surface area contributed by atoms with Crippen molar-refractivity contribution in [2.45, 2.75) is 31.8 Å².